The zero-order chi connectivity index (χ0) is 15.9. The summed E-state index contributed by atoms with van der Waals surface area (Å²) in [5, 5.41) is 3.36. The third-order valence-corrected chi connectivity index (χ3v) is 5.13. The summed E-state index contributed by atoms with van der Waals surface area (Å²) in [5.74, 6) is 0.372. The quantitative estimate of drug-likeness (QED) is 0.760. The van der Waals surface area contributed by atoms with E-state index in [0.29, 0.717) is 0 Å². The maximum atomic E-state index is 12.4. The Morgan fingerprint density at radius 2 is 1.67 bits per heavy atom. The second kappa shape index (κ2) is 8.54. The molecule has 0 aliphatic heterocycles. The molecule has 3 nitrogen and oxygen atoms in total. The first-order chi connectivity index (χ1) is 9.86. The van der Waals surface area contributed by atoms with Crippen molar-refractivity contribution >= 4 is 9.84 Å². The van der Waals surface area contributed by atoms with Crippen LogP contribution in [0.4, 0.5) is 0 Å². The summed E-state index contributed by atoms with van der Waals surface area (Å²) in [5.41, 5.74) is 3.14. The average molecular weight is 311 g/mol. The van der Waals surface area contributed by atoms with Gasteiger partial charge in [-0.15, -0.1) is 0 Å². The fourth-order valence-corrected chi connectivity index (χ4v) is 4.40. The van der Waals surface area contributed by atoms with Crippen LogP contribution in [0.2, 0.25) is 0 Å². The SMILES string of the molecule is CCCNC(CCC)CS(=O)(=O)Cc1cc(C)cc(C)c1. The summed E-state index contributed by atoms with van der Waals surface area (Å²) >= 11 is 0. The van der Waals surface area contributed by atoms with Crippen LogP contribution < -0.4 is 5.32 Å². The van der Waals surface area contributed by atoms with Crippen molar-refractivity contribution in [2.75, 3.05) is 12.3 Å². The van der Waals surface area contributed by atoms with Crippen molar-refractivity contribution in [3.8, 4) is 0 Å². The Labute approximate surface area is 130 Å². The Kier molecular flexibility index (Phi) is 7.40. The highest BCUT2D eigenvalue weighted by Gasteiger charge is 2.19. The first-order valence-electron chi connectivity index (χ1n) is 7.87. The monoisotopic (exact) mass is 311 g/mol. The van der Waals surface area contributed by atoms with E-state index in [4.69, 9.17) is 0 Å². The van der Waals surface area contributed by atoms with Crippen molar-refractivity contribution in [1.29, 1.82) is 0 Å². The van der Waals surface area contributed by atoms with E-state index in [1.165, 1.54) is 0 Å². The van der Waals surface area contributed by atoms with Crippen LogP contribution in [0, 0.1) is 13.8 Å². The Hall–Kier alpha value is -0.870. The molecule has 0 aliphatic rings. The fourth-order valence-electron chi connectivity index (χ4n) is 2.71. The number of sulfone groups is 1. The van der Waals surface area contributed by atoms with Crippen molar-refractivity contribution in [2.24, 2.45) is 0 Å². The molecule has 0 heterocycles. The van der Waals surface area contributed by atoms with E-state index in [9.17, 15) is 8.42 Å². The van der Waals surface area contributed by atoms with Crippen LogP contribution in [0.3, 0.4) is 0 Å². The van der Waals surface area contributed by atoms with E-state index < -0.39 is 9.84 Å². The van der Waals surface area contributed by atoms with Gasteiger partial charge >= 0.3 is 0 Å². The van der Waals surface area contributed by atoms with Crippen LogP contribution in [-0.4, -0.2) is 26.8 Å². The molecule has 0 saturated heterocycles. The highest BCUT2D eigenvalue weighted by Crippen LogP contribution is 2.14. The molecule has 1 N–H and O–H groups in total. The van der Waals surface area contributed by atoms with E-state index >= 15 is 0 Å². The van der Waals surface area contributed by atoms with Crippen LogP contribution in [0.15, 0.2) is 18.2 Å². The predicted octanol–water partition coefficient (Wildman–Crippen LogP) is 3.39. The molecule has 0 spiro atoms. The summed E-state index contributed by atoms with van der Waals surface area (Å²) in [6.45, 7) is 9.08. The fraction of sp³-hybridized carbons (Fsp3) is 0.647. The predicted molar refractivity (Wildman–Crippen MR) is 90.4 cm³/mol. The van der Waals surface area contributed by atoms with E-state index in [1.54, 1.807) is 0 Å². The van der Waals surface area contributed by atoms with Gasteiger partial charge in [-0.1, -0.05) is 49.6 Å². The van der Waals surface area contributed by atoms with Gasteiger partial charge < -0.3 is 5.32 Å². The molecule has 0 aliphatic carbocycles. The first kappa shape index (κ1) is 18.2. The van der Waals surface area contributed by atoms with Gasteiger partial charge in [-0.25, -0.2) is 8.42 Å². The number of hydrogen-bond donors (Lipinski definition) is 1. The molecule has 1 aromatic rings. The topological polar surface area (TPSA) is 46.2 Å². The smallest absolute Gasteiger partial charge is 0.155 e. The minimum Gasteiger partial charge on any atom is -0.313 e. The second-order valence-electron chi connectivity index (χ2n) is 5.99. The molecule has 0 fully saturated rings. The Morgan fingerprint density at radius 1 is 1.05 bits per heavy atom. The second-order valence-corrected chi connectivity index (χ2v) is 8.10. The van der Waals surface area contributed by atoms with Gasteiger partial charge in [0.1, 0.15) is 0 Å². The highest BCUT2D eigenvalue weighted by atomic mass is 32.2. The molecule has 1 atom stereocenters. The van der Waals surface area contributed by atoms with Crippen molar-refractivity contribution in [3.05, 3.63) is 34.9 Å². The molecule has 0 aromatic heterocycles. The molecular weight excluding hydrogens is 282 g/mol. The van der Waals surface area contributed by atoms with Gasteiger partial charge in [-0.3, -0.25) is 0 Å². The Morgan fingerprint density at radius 3 is 2.19 bits per heavy atom. The third-order valence-electron chi connectivity index (χ3n) is 3.44. The lowest BCUT2D eigenvalue weighted by atomic mass is 10.1. The van der Waals surface area contributed by atoms with Gasteiger partial charge in [0.15, 0.2) is 9.84 Å². The summed E-state index contributed by atoms with van der Waals surface area (Å²) in [7, 11) is -3.08. The number of benzene rings is 1. The molecule has 4 heteroatoms. The number of hydrogen-bond acceptors (Lipinski definition) is 3. The van der Waals surface area contributed by atoms with E-state index in [2.05, 4.69) is 25.2 Å². The van der Waals surface area contributed by atoms with Crippen molar-refractivity contribution < 1.29 is 8.42 Å². The molecule has 0 saturated carbocycles. The van der Waals surface area contributed by atoms with Gasteiger partial charge in [0.25, 0.3) is 0 Å². The van der Waals surface area contributed by atoms with Gasteiger partial charge in [0.05, 0.1) is 11.5 Å². The standard InChI is InChI=1S/C17H29NO2S/c1-5-7-17(18-8-6-2)13-21(19,20)12-16-10-14(3)9-15(4)11-16/h9-11,17-18H,5-8,12-13H2,1-4H3. The first-order valence-corrected chi connectivity index (χ1v) is 9.69. The molecule has 1 aromatic carbocycles. The number of aryl methyl sites for hydroxylation is 2. The minimum absolute atomic E-state index is 0.0749. The van der Waals surface area contributed by atoms with E-state index in [1.807, 2.05) is 26.0 Å². The van der Waals surface area contributed by atoms with Crippen molar-refractivity contribution in [3.63, 3.8) is 0 Å². The van der Waals surface area contributed by atoms with E-state index in [-0.39, 0.29) is 17.5 Å². The zero-order valence-electron chi connectivity index (χ0n) is 13.8. The van der Waals surface area contributed by atoms with Crippen LogP contribution in [0.1, 0.15) is 49.8 Å². The summed E-state index contributed by atoms with van der Waals surface area (Å²) in [6.07, 6.45) is 2.93. The van der Waals surface area contributed by atoms with Crippen LogP contribution in [-0.2, 0) is 15.6 Å². The Bertz CT molecular complexity index is 517. The molecule has 21 heavy (non-hydrogen) atoms. The van der Waals surface area contributed by atoms with Gasteiger partial charge in [0.2, 0.25) is 0 Å². The molecule has 0 radical (unpaired) electrons. The summed E-state index contributed by atoms with van der Waals surface area (Å²) < 4.78 is 24.9. The minimum atomic E-state index is -3.08. The molecule has 1 rings (SSSR count). The molecular formula is C17H29NO2S. The van der Waals surface area contributed by atoms with Gasteiger partial charge in [-0.05, 0) is 38.8 Å². The molecule has 1 unspecified atom stereocenters. The molecule has 0 bridgehead atoms. The normalized spacial score (nSPS) is 13.3. The average Bonchev–Trinajstić information content (AvgIpc) is 2.33. The summed E-state index contributed by atoms with van der Waals surface area (Å²) in [4.78, 5) is 0. The molecule has 0 amide bonds. The van der Waals surface area contributed by atoms with Gasteiger partial charge in [0, 0.05) is 6.04 Å². The molecule has 120 valence electrons. The largest absolute Gasteiger partial charge is 0.313 e. The third kappa shape index (κ3) is 7.09. The number of nitrogens with one attached hydrogen (secondary N) is 1. The Balaban J connectivity index is 2.74. The maximum Gasteiger partial charge on any atom is 0.155 e. The maximum absolute atomic E-state index is 12.4. The van der Waals surface area contributed by atoms with Crippen LogP contribution in [0.25, 0.3) is 0 Å². The zero-order valence-corrected chi connectivity index (χ0v) is 14.6. The van der Waals surface area contributed by atoms with Crippen molar-refractivity contribution in [2.45, 2.75) is 58.8 Å². The van der Waals surface area contributed by atoms with Crippen LogP contribution in [0.5, 0.6) is 0 Å². The number of rotatable bonds is 9. The van der Waals surface area contributed by atoms with Gasteiger partial charge in [-0.2, -0.15) is 0 Å². The lowest BCUT2D eigenvalue weighted by molar-refractivity contribution is 0.499. The van der Waals surface area contributed by atoms with Crippen LogP contribution >= 0.6 is 0 Å². The van der Waals surface area contributed by atoms with E-state index in [0.717, 1.165) is 42.5 Å². The summed E-state index contributed by atoms with van der Waals surface area (Å²) in [6, 6.07) is 6.09. The lowest BCUT2D eigenvalue weighted by Gasteiger charge is -2.18. The lowest BCUT2D eigenvalue weighted by Crippen LogP contribution is -2.36. The highest BCUT2D eigenvalue weighted by molar-refractivity contribution is 7.90. The van der Waals surface area contributed by atoms with Crippen molar-refractivity contribution in [1.82, 2.24) is 5.32 Å².